The number of alkyl halides is 1. The second-order valence-electron chi connectivity index (χ2n) is 18.0. The lowest BCUT2D eigenvalue weighted by Gasteiger charge is -2.25. The smallest absolute Gasteiger partial charge is 0.414 e. The fourth-order valence-electron chi connectivity index (χ4n) is 8.57. The molecule has 1 heterocycles. The van der Waals surface area contributed by atoms with Gasteiger partial charge in [0.15, 0.2) is 0 Å². The topological polar surface area (TPSA) is 190 Å². The molecule has 5 aromatic rings. The van der Waals surface area contributed by atoms with Gasteiger partial charge in [-0.3, -0.25) is 14.5 Å². The Morgan fingerprint density at radius 1 is 0.833 bits per heavy atom. The third-order valence-corrected chi connectivity index (χ3v) is 12.1. The molecule has 14 nitrogen and oxygen atoms in total. The van der Waals surface area contributed by atoms with Crippen LogP contribution in [0.1, 0.15) is 81.5 Å². The van der Waals surface area contributed by atoms with E-state index in [-0.39, 0.29) is 43.9 Å². The van der Waals surface area contributed by atoms with Crippen molar-refractivity contribution < 1.29 is 38.2 Å². The maximum absolute atomic E-state index is 13.8. The molecule has 7 rings (SSSR count). The highest BCUT2D eigenvalue weighted by Gasteiger charge is 2.37. The minimum atomic E-state index is -1.03. The molecular formula is C51H57ClN6O8. The Bertz CT molecular complexity index is 2550. The summed E-state index contributed by atoms with van der Waals surface area (Å²) in [5, 5.41) is 12.8. The number of anilines is 2. The number of ether oxygens (including phenoxy) is 3. The van der Waals surface area contributed by atoms with Crippen LogP contribution in [-0.4, -0.2) is 73.3 Å². The first kappa shape index (κ1) is 47.2. The Morgan fingerprint density at radius 3 is 2.09 bits per heavy atom. The predicted molar refractivity (Wildman–Crippen MR) is 256 cm³/mol. The highest BCUT2D eigenvalue weighted by Crippen LogP contribution is 2.47. The van der Waals surface area contributed by atoms with Gasteiger partial charge in [0.05, 0.1) is 5.69 Å². The Kier molecular flexibility index (Phi) is 14.7. The zero-order valence-electron chi connectivity index (χ0n) is 37.8. The van der Waals surface area contributed by atoms with Gasteiger partial charge in [-0.15, -0.1) is 11.6 Å². The van der Waals surface area contributed by atoms with Gasteiger partial charge in [-0.25, -0.2) is 14.4 Å². The molecule has 1 unspecified atom stereocenters. The number of halogens is 1. The summed E-state index contributed by atoms with van der Waals surface area (Å²) in [7, 11) is 0. The second-order valence-corrected chi connectivity index (χ2v) is 18.3. The van der Waals surface area contributed by atoms with Gasteiger partial charge in [0.25, 0.3) is 0 Å². The molecule has 0 fully saturated rings. The van der Waals surface area contributed by atoms with E-state index in [4.69, 9.17) is 31.5 Å². The van der Waals surface area contributed by atoms with Crippen molar-refractivity contribution in [3.8, 4) is 16.9 Å². The third-order valence-electron chi connectivity index (χ3n) is 11.7. The summed E-state index contributed by atoms with van der Waals surface area (Å²) in [6.45, 7) is 9.88. The minimum absolute atomic E-state index is 0.0734. The summed E-state index contributed by atoms with van der Waals surface area (Å²) in [6, 6.07) is 30.1. The number of fused-ring (bicyclic) bond motifs is 6. The van der Waals surface area contributed by atoms with E-state index >= 15 is 0 Å². The van der Waals surface area contributed by atoms with Crippen molar-refractivity contribution in [2.75, 3.05) is 35.8 Å². The van der Waals surface area contributed by atoms with Crippen LogP contribution in [0.4, 0.5) is 25.8 Å². The summed E-state index contributed by atoms with van der Waals surface area (Å²) in [5.74, 6) is -0.753. The maximum Gasteiger partial charge on any atom is 0.414 e. The average molecular weight is 918 g/mol. The molecule has 15 heteroatoms. The Balaban J connectivity index is 0.997. The molecule has 0 aromatic heterocycles. The SMILES string of the molecule is CC(C)[C@H](NC(=O)OCC1c2ccccc2-c2ccccc21)C(=O)N[C@@H](CCCNC(N)=O)C(=O)Nc1ccc(COc2cc3c(c4ccccc24)C(CCl)CN3C(=O)OC(C)(C)C)cc1. The molecule has 0 spiro atoms. The molecule has 2 aliphatic rings. The van der Waals surface area contributed by atoms with Crippen LogP contribution in [0.25, 0.3) is 21.9 Å². The van der Waals surface area contributed by atoms with Crippen LogP contribution in [0.15, 0.2) is 103 Å². The van der Waals surface area contributed by atoms with E-state index in [2.05, 4.69) is 33.4 Å². The number of rotatable bonds is 16. The van der Waals surface area contributed by atoms with Gasteiger partial charge in [-0.2, -0.15) is 0 Å². The number of nitrogens with two attached hydrogens (primary N) is 1. The number of nitrogens with one attached hydrogen (secondary N) is 4. The Hall–Kier alpha value is -6.80. The second kappa shape index (κ2) is 20.6. The number of benzene rings is 5. The first-order valence-corrected chi connectivity index (χ1v) is 22.7. The highest BCUT2D eigenvalue weighted by molar-refractivity contribution is 6.19. The number of carbonyl (C=O) groups excluding carboxylic acids is 5. The molecule has 346 valence electrons. The van der Waals surface area contributed by atoms with Crippen molar-refractivity contribution in [1.82, 2.24) is 16.0 Å². The molecule has 0 saturated carbocycles. The number of alkyl carbamates (subject to hydrolysis) is 1. The summed E-state index contributed by atoms with van der Waals surface area (Å²) in [5.41, 5.74) is 11.8. The highest BCUT2D eigenvalue weighted by atomic mass is 35.5. The summed E-state index contributed by atoms with van der Waals surface area (Å²) in [6.07, 6.45) is -0.730. The van der Waals surface area contributed by atoms with E-state index in [1.54, 1.807) is 30.9 Å². The summed E-state index contributed by atoms with van der Waals surface area (Å²) >= 11 is 6.44. The first-order chi connectivity index (χ1) is 31.6. The number of primary amides is 1. The van der Waals surface area contributed by atoms with Crippen LogP contribution < -0.4 is 36.6 Å². The molecule has 5 aromatic carbocycles. The van der Waals surface area contributed by atoms with Crippen LogP contribution in [-0.2, 0) is 25.7 Å². The summed E-state index contributed by atoms with van der Waals surface area (Å²) < 4.78 is 17.9. The number of hydrogen-bond acceptors (Lipinski definition) is 8. The van der Waals surface area contributed by atoms with E-state index in [1.165, 1.54) is 0 Å². The molecule has 1 aliphatic carbocycles. The van der Waals surface area contributed by atoms with Crippen LogP contribution in [0.5, 0.6) is 5.75 Å². The number of carbonyl (C=O) groups is 5. The largest absolute Gasteiger partial charge is 0.488 e. The molecule has 1 aliphatic heterocycles. The van der Waals surface area contributed by atoms with Crippen molar-refractivity contribution >= 4 is 63.8 Å². The van der Waals surface area contributed by atoms with E-state index in [9.17, 15) is 24.0 Å². The molecule has 6 N–H and O–H groups in total. The Labute approximate surface area is 389 Å². The lowest BCUT2D eigenvalue weighted by molar-refractivity contribution is -0.128. The molecular weight excluding hydrogens is 860 g/mol. The number of nitrogens with zero attached hydrogens (tertiary/aromatic N) is 1. The molecule has 0 saturated heterocycles. The van der Waals surface area contributed by atoms with Gasteiger partial charge >= 0.3 is 18.2 Å². The van der Waals surface area contributed by atoms with E-state index in [0.717, 1.165) is 44.2 Å². The van der Waals surface area contributed by atoms with E-state index in [1.807, 2.05) is 99.6 Å². The van der Waals surface area contributed by atoms with Crippen molar-refractivity contribution in [2.24, 2.45) is 11.7 Å². The molecule has 6 amide bonds. The molecule has 0 radical (unpaired) electrons. The summed E-state index contributed by atoms with van der Waals surface area (Å²) in [4.78, 5) is 67.3. The first-order valence-electron chi connectivity index (χ1n) is 22.2. The number of amides is 6. The fourth-order valence-corrected chi connectivity index (χ4v) is 8.82. The van der Waals surface area contributed by atoms with Gasteiger partial charge in [0, 0.05) is 47.9 Å². The predicted octanol–water partition coefficient (Wildman–Crippen LogP) is 8.93. The monoisotopic (exact) mass is 916 g/mol. The fraction of sp³-hybridized carbons (Fsp3) is 0.353. The van der Waals surface area contributed by atoms with Crippen LogP contribution in [0, 0.1) is 5.92 Å². The van der Waals surface area contributed by atoms with Gasteiger partial charge in [-0.1, -0.05) is 98.8 Å². The Morgan fingerprint density at radius 2 is 1.47 bits per heavy atom. The molecule has 66 heavy (non-hydrogen) atoms. The van der Waals surface area contributed by atoms with Crippen molar-refractivity contribution in [3.63, 3.8) is 0 Å². The third kappa shape index (κ3) is 11.0. The van der Waals surface area contributed by atoms with Gasteiger partial charge in [0.2, 0.25) is 11.8 Å². The standard InChI is InChI=1S/C51H57ClN6O8/c1-30(2)45(57-49(62)65-29-40-36-15-8-6-13-34(36)35-14-7-9-16-37(35)40)47(60)56-41(19-12-24-54-48(53)61)46(59)55-33-22-20-31(21-23-33)28-64-43-25-42-44(39-18-11-10-17-38(39)43)32(26-52)27-58(42)50(63)66-51(3,4)5/h6-11,13-18,20-23,25,30,32,40-41,45H,12,19,24,26-29H2,1-5H3,(H,55,59)(H,56,60)(H,57,62)(H3,53,54,61)/t32?,41-,45-/m0/s1. The zero-order chi connectivity index (χ0) is 47.1. The van der Waals surface area contributed by atoms with Gasteiger partial charge in [0.1, 0.15) is 36.6 Å². The van der Waals surface area contributed by atoms with Crippen molar-refractivity contribution in [3.05, 3.63) is 125 Å². The van der Waals surface area contributed by atoms with Crippen molar-refractivity contribution in [1.29, 1.82) is 0 Å². The minimum Gasteiger partial charge on any atom is -0.488 e. The van der Waals surface area contributed by atoms with E-state index in [0.29, 0.717) is 36.0 Å². The average Bonchev–Trinajstić information content (AvgIpc) is 3.83. The van der Waals surface area contributed by atoms with Crippen LogP contribution in [0.2, 0.25) is 0 Å². The normalized spacial score (nSPS) is 15.0. The number of urea groups is 1. The van der Waals surface area contributed by atoms with Crippen molar-refractivity contribution in [2.45, 2.75) is 83.6 Å². The lowest BCUT2D eigenvalue weighted by atomic mass is 9.95. The van der Waals surface area contributed by atoms with Crippen LogP contribution >= 0.6 is 11.6 Å². The lowest BCUT2D eigenvalue weighted by Crippen LogP contribution is -2.54. The zero-order valence-corrected chi connectivity index (χ0v) is 38.6. The van der Waals surface area contributed by atoms with Crippen LogP contribution in [0.3, 0.4) is 0 Å². The number of hydrogen-bond donors (Lipinski definition) is 5. The quantitative estimate of drug-likeness (QED) is 0.0479. The van der Waals surface area contributed by atoms with E-state index < -0.39 is 47.7 Å². The molecule has 0 bridgehead atoms. The molecule has 3 atom stereocenters. The van der Waals surface area contributed by atoms with Gasteiger partial charge < -0.3 is 41.2 Å². The maximum atomic E-state index is 13.8. The van der Waals surface area contributed by atoms with Gasteiger partial charge in [-0.05, 0) is 90.4 Å².